The number of aromatic hydroxyl groups is 2. The number of nitrogens with one attached hydrogen (secondary N) is 2. The van der Waals surface area contributed by atoms with E-state index in [1.807, 2.05) is 60.7 Å². The summed E-state index contributed by atoms with van der Waals surface area (Å²) in [6.07, 6.45) is 1.95. The number of anilines is 1. The Hall–Kier alpha value is -4.26. The zero-order chi connectivity index (χ0) is 23.4. The molecule has 0 bridgehead atoms. The summed E-state index contributed by atoms with van der Waals surface area (Å²) in [5.74, 6) is -0.761. The number of aromatic amines is 1. The van der Waals surface area contributed by atoms with Crippen LogP contribution in [0.5, 0.6) is 11.5 Å². The fourth-order valence-corrected chi connectivity index (χ4v) is 3.88. The Balaban J connectivity index is 1.55. The lowest BCUT2D eigenvalue weighted by molar-refractivity contribution is -0.127. The van der Waals surface area contributed by atoms with Crippen LogP contribution in [0.3, 0.4) is 0 Å². The SMILES string of the molecule is CN(C(=O)C(Cc1ccccc1)NC(=O)Cc1c[nH]c2c(O)cc(O)cc12)c1ccccc1. The van der Waals surface area contributed by atoms with Crippen LogP contribution in [0, 0.1) is 0 Å². The van der Waals surface area contributed by atoms with E-state index in [2.05, 4.69) is 10.3 Å². The number of hydrogen-bond acceptors (Lipinski definition) is 4. The van der Waals surface area contributed by atoms with E-state index in [9.17, 15) is 19.8 Å². The molecule has 0 saturated carbocycles. The van der Waals surface area contributed by atoms with Crippen LogP contribution >= 0.6 is 0 Å². The first-order chi connectivity index (χ1) is 15.9. The van der Waals surface area contributed by atoms with Gasteiger partial charge in [-0.05, 0) is 29.3 Å². The van der Waals surface area contributed by atoms with E-state index in [0.29, 0.717) is 22.9 Å². The first kappa shape index (κ1) is 22.0. The number of carbonyl (C=O) groups excluding carboxylic acids is 2. The largest absolute Gasteiger partial charge is 0.508 e. The van der Waals surface area contributed by atoms with Crippen LogP contribution in [0.15, 0.2) is 79.0 Å². The minimum atomic E-state index is -0.767. The van der Waals surface area contributed by atoms with E-state index in [1.54, 1.807) is 13.2 Å². The molecule has 1 unspecified atom stereocenters. The number of nitrogens with zero attached hydrogens (tertiary/aromatic N) is 1. The highest BCUT2D eigenvalue weighted by atomic mass is 16.3. The van der Waals surface area contributed by atoms with Crippen LogP contribution in [0.4, 0.5) is 5.69 Å². The number of amides is 2. The maximum atomic E-state index is 13.3. The second kappa shape index (κ2) is 9.48. The fourth-order valence-electron chi connectivity index (χ4n) is 3.88. The van der Waals surface area contributed by atoms with Gasteiger partial charge in [0, 0.05) is 36.8 Å². The summed E-state index contributed by atoms with van der Waals surface area (Å²) < 4.78 is 0. The molecule has 7 nitrogen and oxygen atoms in total. The van der Waals surface area contributed by atoms with Crippen molar-refractivity contribution in [1.29, 1.82) is 0 Å². The van der Waals surface area contributed by atoms with E-state index < -0.39 is 6.04 Å². The number of fused-ring (bicyclic) bond motifs is 1. The highest BCUT2D eigenvalue weighted by Gasteiger charge is 2.25. The van der Waals surface area contributed by atoms with Crippen LogP contribution in [-0.2, 0) is 22.4 Å². The standard InChI is InChI=1S/C26H25N3O4/c1-29(19-10-6-3-7-11-19)26(33)22(12-17-8-4-2-5-9-17)28-24(32)13-18-16-27-25-21(18)14-20(30)15-23(25)31/h2-11,14-16,22,27,30-31H,12-13H2,1H3,(H,28,32). The van der Waals surface area contributed by atoms with E-state index in [0.717, 1.165) is 11.3 Å². The van der Waals surface area contributed by atoms with E-state index in [-0.39, 0.29) is 29.7 Å². The van der Waals surface area contributed by atoms with Gasteiger partial charge in [-0.3, -0.25) is 9.59 Å². The lowest BCUT2D eigenvalue weighted by Crippen LogP contribution is -2.49. The van der Waals surface area contributed by atoms with Gasteiger partial charge in [0.15, 0.2) is 0 Å². The van der Waals surface area contributed by atoms with Gasteiger partial charge in [-0.25, -0.2) is 0 Å². The first-order valence-electron chi connectivity index (χ1n) is 10.6. The molecule has 0 aliphatic rings. The lowest BCUT2D eigenvalue weighted by atomic mass is 10.0. The molecule has 0 aliphatic carbocycles. The van der Waals surface area contributed by atoms with Gasteiger partial charge in [-0.1, -0.05) is 48.5 Å². The van der Waals surface area contributed by atoms with Crippen molar-refractivity contribution in [3.8, 4) is 11.5 Å². The average Bonchev–Trinajstić information content (AvgIpc) is 3.21. The highest BCUT2D eigenvalue weighted by Crippen LogP contribution is 2.31. The summed E-state index contributed by atoms with van der Waals surface area (Å²) in [5.41, 5.74) is 2.71. The first-order valence-corrected chi connectivity index (χ1v) is 10.6. The quantitative estimate of drug-likeness (QED) is 0.351. The van der Waals surface area contributed by atoms with Gasteiger partial charge in [0.1, 0.15) is 17.5 Å². The molecule has 0 aliphatic heterocycles. The molecule has 168 valence electrons. The van der Waals surface area contributed by atoms with Crippen LogP contribution in [0.25, 0.3) is 10.9 Å². The van der Waals surface area contributed by atoms with Crippen molar-refractivity contribution >= 4 is 28.4 Å². The number of H-pyrrole nitrogens is 1. The van der Waals surface area contributed by atoms with Gasteiger partial charge >= 0.3 is 0 Å². The van der Waals surface area contributed by atoms with Gasteiger partial charge in [0.25, 0.3) is 0 Å². The molecule has 2 amide bonds. The molecular formula is C26H25N3O4. The zero-order valence-electron chi connectivity index (χ0n) is 18.2. The molecule has 4 N–H and O–H groups in total. The molecule has 7 heteroatoms. The predicted octanol–water partition coefficient (Wildman–Crippen LogP) is 3.51. The molecule has 0 spiro atoms. The smallest absolute Gasteiger partial charge is 0.249 e. The number of phenolic OH excluding ortho intramolecular Hbond substituents is 2. The molecule has 33 heavy (non-hydrogen) atoms. The predicted molar refractivity (Wildman–Crippen MR) is 127 cm³/mol. The number of rotatable bonds is 7. The number of hydrogen-bond donors (Lipinski definition) is 4. The molecule has 1 aromatic heterocycles. The summed E-state index contributed by atoms with van der Waals surface area (Å²) in [7, 11) is 1.69. The minimum Gasteiger partial charge on any atom is -0.508 e. The molecule has 4 rings (SSSR count). The number of aromatic nitrogens is 1. The number of phenols is 2. The number of benzene rings is 3. The third-order valence-electron chi connectivity index (χ3n) is 5.58. The Labute approximate surface area is 191 Å². The minimum absolute atomic E-state index is 0.0173. The summed E-state index contributed by atoms with van der Waals surface area (Å²) in [6, 6.07) is 20.7. The molecule has 0 radical (unpaired) electrons. The summed E-state index contributed by atoms with van der Waals surface area (Å²) >= 11 is 0. The second-order valence-corrected chi connectivity index (χ2v) is 7.92. The van der Waals surface area contributed by atoms with Crippen molar-refractivity contribution in [1.82, 2.24) is 10.3 Å². The van der Waals surface area contributed by atoms with E-state index in [1.165, 1.54) is 17.0 Å². The van der Waals surface area contributed by atoms with Gasteiger partial charge < -0.3 is 25.4 Å². The molecule has 3 aromatic carbocycles. The summed E-state index contributed by atoms with van der Waals surface area (Å²) in [4.78, 5) is 30.8. The number of carbonyl (C=O) groups is 2. The van der Waals surface area contributed by atoms with Crippen molar-refractivity contribution < 1.29 is 19.8 Å². The summed E-state index contributed by atoms with van der Waals surface area (Å²) in [6.45, 7) is 0. The topological polar surface area (TPSA) is 106 Å². The van der Waals surface area contributed by atoms with Crippen LogP contribution in [0.2, 0.25) is 0 Å². The van der Waals surface area contributed by atoms with Crippen molar-refractivity contribution in [3.05, 3.63) is 90.1 Å². The average molecular weight is 444 g/mol. The van der Waals surface area contributed by atoms with E-state index >= 15 is 0 Å². The molecule has 0 fully saturated rings. The maximum absolute atomic E-state index is 13.3. The van der Waals surface area contributed by atoms with Crippen molar-refractivity contribution in [3.63, 3.8) is 0 Å². The maximum Gasteiger partial charge on any atom is 0.249 e. The Morgan fingerprint density at radius 3 is 2.36 bits per heavy atom. The van der Waals surface area contributed by atoms with Gasteiger partial charge in [0.2, 0.25) is 11.8 Å². The Kier molecular flexibility index (Phi) is 6.31. The normalized spacial score (nSPS) is 11.8. The monoisotopic (exact) mass is 443 g/mol. The van der Waals surface area contributed by atoms with Crippen molar-refractivity contribution in [2.75, 3.05) is 11.9 Å². The number of para-hydroxylation sites is 1. The van der Waals surface area contributed by atoms with Crippen LogP contribution in [-0.4, -0.2) is 40.1 Å². The Morgan fingerprint density at radius 2 is 1.67 bits per heavy atom. The van der Waals surface area contributed by atoms with Crippen molar-refractivity contribution in [2.45, 2.75) is 18.9 Å². The molecule has 1 atom stereocenters. The highest BCUT2D eigenvalue weighted by molar-refractivity contribution is 6.00. The van der Waals surface area contributed by atoms with Crippen LogP contribution in [0.1, 0.15) is 11.1 Å². The third kappa shape index (κ3) is 4.98. The summed E-state index contributed by atoms with van der Waals surface area (Å²) in [5, 5.41) is 23.3. The Bertz CT molecular complexity index is 1270. The van der Waals surface area contributed by atoms with Crippen molar-refractivity contribution in [2.24, 2.45) is 0 Å². The van der Waals surface area contributed by atoms with Crippen LogP contribution < -0.4 is 10.2 Å². The molecule has 1 heterocycles. The van der Waals surface area contributed by atoms with Gasteiger partial charge in [0.05, 0.1) is 11.9 Å². The zero-order valence-corrected chi connectivity index (χ0v) is 18.2. The fraction of sp³-hybridized carbons (Fsp3) is 0.154. The number of likely N-dealkylation sites (N-methyl/N-ethyl adjacent to an activating group) is 1. The Morgan fingerprint density at radius 1 is 1.00 bits per heavy atom. The van der Waals surface area contributed by atoms with E-state index in [4.69, 9.17) is 0 Å². The molecule has 0 saturated heterocycles. The van der Waals surface area contributed by atoms with Gasteiger partial charge in [-0.2, -0.15) is 0 Å². The lowest BCUT2D eigenvalue weighted by Gasteiger charge is -2.25. The molecular weight excluding hydrogens is 418 g/mol. The molecule has 4 aromatic rings. The second-order valence-electron chi connectivity index (χ2n) is 7.92. The third-order valence-corrected chi connectivity index (χ3v) is 5.58. The van der Waals surface area contributed by atoms with Gasteiger partial charge in [-0.15, -0.1) is 0 Å².